The Labute approximate surface area is 129 Å². The highest BCUT2D eigenvalue weighted by molar-refractivity contribution is 9.10. The van der Waals surface area contributed by atoms with Gasteiger partial charge in [-0.05, 0) is 31.2 Å². The second-order valence-electron chi connectivity index (χ2n) is 4.14. The molecule has 2 rings (SSSR count). The van der Waals surface area contributed by atoms with Crippen LogP contribution in [0.3, 0.4) is 0 Å². The molecule has 0 radical (unpaired) electrons. The van der Waals surface area contributed by atoms with Gasteiger partial charge in [0.05, 0.1) is 12.0 Å². The van der Waals surface area contributed by atoms with E-state index in [4.69, 9.17) is 9.15 Å². The average molecular weight is 353 g/mol. The van der Waals surface area contributed by atoms with Crippen LogP contribution in [0, 0.1) is 6.92 Å². The van der Waals surface area contributed by atoms with Gasteiger partial charge in [0.15, 0.2) is 6.61 Å². The van der Waals surface area contributed by atoms with Gasteiger partial charge in [-0.3, -0.25) is 20.4 Å². The van der Waals surface area contributed by atoms with E-state index in [0.29, 0.717) is 5.76 Å². The lowest BCUT2D eigenvalue weighted by molar-refractivity contribution is -0.122. The summed E-state index contributed by atoms with van der Waals surface area (Å²) in [7, 11) is 0. The third-order valence-corrected chi connectivity index (χ3v) is 3.07. The van der Waals surface area contributed by atoms with Gasteiger partial charge in [0.2, 0.25) is 11.2 Å². The van der Waals surface area contributed by atoms with Crippen LogP contribution in [-0.4, -0.2) is 12.5 Å². The molecule has 0 atom stereocenters. The molecule has 0 saturated heterocycles. The molecule has 0 bridgehead atoms. The van der Waals surface area contributed by atoms with Crippen molar-refractivity contribution in [3.05, 3.63) is 57.1 Å². The van der Waals surface area contributed by atoms with E-state index in [2.05, 4.69) is 26.8 Å². The molecule has 0 unspecified atom stereocenters. The number of hydrazine groups is 1. The second kappa shape index (κ2) is 6.94. The predicted octanol–water partition coefficient (Wildman–Crippen LogP) is 2.23. The fraction of sp³-hybridized carbons (Fsp3) is 0.143. The maximum absolute atomic E-state index is 11.6. The number of nitrogens with one attached hydrogen (secondary N) is 2. The van der Waals surface area contributed by atoms with Crippen LogP contribution < -0.4 is 21.0 Å². The standard InChI is InChI=1S/C14H13BrN2O4/c1-9-14(12(18)6-7-20-9)21-8-13(19)17-16-11-4-2-10(15)3-5-11/h2-7,16H,8H2,1H3,(H,17,19). The number of anilines is 1. The molecule has 2 N–H and O–H groups in total. The zero-order valence-electron chi connectivity index (χ0n) is 11.2. The topological polar surface area (TPSA) is 80.6 Å². The van der Waals surface area contributed by atoms with Gasteiger partial charge in [-0.1, -0.05) is 15.9 Å². The molecule has 1 aromatic carbocycles. The van der Waals surface area contributed by atoms with Crippen molar-refractivity contribution in [2.75, 3.05) is 12.0 Å². The summed E-state index contributed by atoms with van der Waals surface area (Å²) in [6.45, 7) is 1.30. The number of amides is 1. The minimum Gasteiger partial charge on any atom is -0.476 e. The minimum atomic E-state index is -0.416. The molecule has 1 amide bonds. The third-order valence-electron chi connectivity index (χ3n) is 2.55. The van der Waals surface area contributed by atoms with Crippen LogP contribution in [0.4, 0.5) is 5.69 Å². The van der Waals surface area contributed by atoms with Crippen LogP contribution in [-0.2, 0) is 4.79 Å². The van der Waals surface area contributed by atoms with E-state index >= 15 is 0 Å². The van der Waals surface area contributed by atoms with E-state index in [1.807, 2.05) is 12.1 Å². The van der Waals surface area contributed by atoms with Crippen LogP contribution in [0.2, 0.25) is 0 Å². The van der Waals surface area contributed by atoms with E-state index in [9.17, 15) is 9.59 Å². The Morgan fingerprint density at radius 2 is 2.00 bits per heavy atom. The Morgan fingerprint density at radius 3 is 2.67 bits per heavy atom. The number of hydrogen-bond donors (Lipinski definition) is 2. The molecule has 0 fully saturated rings. The van der Waals surface area contributed by atoms with Crippen molar-refractivity contribution in [3.8, 4) is 5.75 Å². The number of aryl methyl sites for hydroxylation is 1. The van der Waals surface area contributed by atoms with Gasteiger partial charge in [0.25, 0.3) is 5.91 Å². The molecular weight excluding hydrogens is 340 g/mol. The molecule has 6 nitrogen and oxygen atoms in total. The summed E-state index contributed by atoms with van der Waals surface area (Å²) in [6.07, 6.45) is 1.28. The fourth-order valence-electron chi connectivity index (χ4n) is 1.52. The monoisotopic (exact) mass is 352 g/mol. The highest BCUT2D eigenvalue weighted by Crippen LogP contribution is 2.13. The Morgan fingerprint density at radius 1 is 1.29 bits per heavy atom. The van der Waals surface area contributed by atoms with Gasteiger partial charge < -0.3 is 9.15 Å². The normalized spacial score (nSPS) is 10.0. The lowest BCUT2D eigenvalue weighted by atomic mass is 10.3. The fourth-order valence-corrected chi connectivity index (χ4v) is 1.79. The Bertz CT molecular complexity index is 682. The van der Waals surface area contributed by atoms with E-state index in [1.54, 1.807) is 19.1 Å². The number of carbonyl (C=O) groups is 1. The Balaban J connectivity index is 1.85. The molecule has 0 aliphatic rings. The molecule has 1 aromatic heterocycles. The maximum Gasteiger partial charge on any atom is 0.276 e. The first kappa shape index (κ1) is 15.1. The molecule has 110 valence electrons. The van der Waals surface area contributed by atoms with Crippen LogP contribution >= 0.6 is 15.9 Å². The summed E-state index contributed by atoms with van der Waals surface area (Å²) in [5, 5.41) is 0. The molecule has 0 aliphatic carbocycles. The van der Waals surface area contributed by atoms with Crippen molar-refractivity contribution in [1.29, 1.82) is 0 Å². The number of rotatable bonds is 5. The van der Waals surface area contributed by atoms with Crippen molar-refractivity contribution >= 4 is 27.5 Å². The summed E-state index contributed by atoms with van der Waals surface area (Å²) >= 11 is 3.32. The van der Waals surface area contributed by atoms with Gasteiger partial charge in [-0.15, -0.1) is 0 Å². The van der Waals surface area contributed by atoms with Gasteiger partial charge in [0, 0.05) is 10.5 Å². The Hall–Kier alpha value is -2.28. The molecule has 1 heterocycles. The minimum absolute atomic E-state index is 0.0382. The molecule has 0 aliphatic heterocycles. The van der Waals surface area contributed by atoms with Crippen LogP contribution in [0.15, 0.2) is 50.3 Å². The van der Waals surface area contributed by atoms with E-state index < -0.39 is 5.91 Å². The summed E-state index contributed by atoms with van der Waals surface area (Å²) in [6, 6.07) is 8.50. The quantitative estimate of drug-likeness (QED) is 0.806. The number of carbonyl (C=O) groups excluding carboxylic acids is 1. The van der Waals surface area contributed by atoms with Gasteiger partial charge in [-0.2, -0.15) is 0 Å². The Kier molecular flexibility index (Phi) is 4.99. The van der Waals surface area contributed by atoms with Gasteiger partial charge in [-0.25, -0.2) is 0 Å². The zero-order valence-corrected chi connectivity index (χ0v) is 12.8. The highest BCUT2D eigenvalue weighted by atomic mass is 79.9. The van der Waals surface area contributed by atoms with E-state index in [1.165, 1.54) is 12.3 Å². The summed E-state index contributed by atoms with van der Waals surface area (Å²) in [5.74, 6) is -0.0481. The average Bonchev–Trinajstić information content (AvgIpc) is 2.46. The largest absolute Gasteiger partial charge is 0.476 e. The number of ether oxygens (including phenoxy) is 1. The molecule has 7 heteroatoms. The number of benzene rings is 1. The van der Waals surface area contributed by atoms with Gasteiger partial charge >= 0.3 is 0 Å². The summed E-state index contributed by atoms with van der Waals surface area (Å²) in [5.41, 5.74) is 5.60. The molecule has 0 spiro atoms. The lowest BCUT2D eigenvalue weighted by Gasteiger charge is -2.10. The van der Waals surface area contributed by atoms with E-state index in [-0.39, 0.29) is 17.8 Å². The smallest absolute Gasteiger partial charge is 0.276 e. The first-order chi connectivity index (χ1) is 10.1. The first-order valence-corrected chi connectivity index (χ1v) is 6.87. The van der Waals surface area contributed by atoms with Crippen LogP contribution in [0.1, 0.15) is 5.76 Å². The molecule has 21 heavy (non-hydrogen) atoms. The third kappa shape index (κ3) is 4.35. The van der Waals surface area contributed by atoms with Crippen molar-refractivity contribution in [2.45, 2.75) is 6.92 Å². The van der Waals surface area contributed by atoms with E-state index in [0.717, 1.165) is 10.2 Å². The number of hydrogen-bond acceptors (Lipinski definition) is 5. The highest BCUT2D eigenvalue weighted by Gasteiger charge is 2.09. The summed E-state index contributed by atoms with van der Waals surface area (Å²) < 4.78 is 11.1. The van der Waals surface area contributed by atoms with Crippen molar-refractivity contribution < 1.29 is 13.9 Å². The lowest BCUT2D eigenvalue weighted by Crippen LogP contribution is -2.34. The van der Waals surface area contributed by atoms with Crippen molar-refractivity contribution in [3.63, 3.8) is 0 Å². The molecule has 2 aromatic rings. The second-order valence-corrected chi connectivity index (χ2v) is 5.05. The molecular formula is C14H13BrN2O4. The predicted molar refractivity (Wildman–Crippen MR) is 81.1 cm³/mol. The van der Waals surface area contributed by atoms with Crippen molar-refractivity contribution in [2.24, 2.45) is 0 Å². The van der Waals surface area contributed by atoms with Gasteiger partial charge in [0.1, 0.15) is 5.76 Å². The SMILES string of the molecule is Cc1occc(=O)c1OCC(=O)NNc1ccc(Br)cc1. The molecule has 0 saturated carbocycles. The summed E-state index contributed by atoms with van der Waals surface area (Å²) in [4.78, 5) is 23.2. The maximum atomic E-state index is 11.6. The zero-order chi connectivity index (χ0) is 15.2. The van der Waals surface area contributed by atoms with Crippen LogP contribution in [0.5, 0.6) is 5.75 Å². The van der Waals surface area contributed by atoms with Crippen molar-refractivity contribution in [1.82, 2.24) is 5.43 Å². The first-order valence-electron chi connectivity index (χ1n) is 6.08. The van der Waals surface area contributed by atoms with Crippen LogP contribution in [0.25, 0.3) is 0 Å². The number of halogens is 1.